The van der Waals surface area contributed by atoms with Crippen LogP contribution in [0.4, 0.5) is 11.6 Å². The molecular weight excluding hydrogens is 256 g/mol. The normalized spacial score (nSPS) is 19.2. The molecule has 0 bridgehead atoms. The molecule has 2 aromatic heterocycles. The minimum atomic E-state index is -0.191. The Morgan fingerprint density at radius 2 is 2.40 bits per heavy atom. The van der Waals surface area contributed by atoms with Gasteiger partial charge in [-0.2, -0.15) is 0 Å². The predicted molar refractivity (Wildman–Crippen MR) is 77.0 cm³/mol. The van der Waals surface area contributed by atoms with Gasteiger partial charge in [0.25, 0.3) is 0 Å². The third kappa shape index (κ3) is 1.95. The van der Waals surface area contributed by atoms with E-state index in [1.54, 1.807) is 6.20 Å². The quantitative estimate of drug-likeness (QED) is 0.852. The number of anilines is 2. The lowest BCUT2D eigenvalue weighted by Crippen LogP contribution is -2.55. The number of hydrogen-bond acceptors (Lipinski definition) is 5. The van der Waals surface area contributed by atoms with Crippen LogP contribution in [0.1, 0.15) is 13.3 Å². The van der Waals surface area contributed by atoms with E-state index < -0.39 is 0 Å². The average molecular weight is 274 g/mol. The second-order valence-electron chi connectivity index (χ2n) is 4.77. The van der Waals surface area contributed by atoms with E-state index >= 15 is 0 Å². The van der Waals surface area contributed by atoms with Crippen LogP contribution in [0.3, 0.4) is 0 Å². The smallest absolute Gasteiger partial charge is 0.242 e. The van der Waals surface area contributed by atoms with Crippen LogP contribution in [0.25, 0.3) is 5.65 Å². The number of imidazole rings is 1. The van der Waals surface area contributed by atoms with Gasteiger partial charge in [0.2, 0.25) is 5.91 Å². The molecular formula is C13H18N6O. The van der Waals surface area contributed by atoms with Crippen LogP contribution in [-0.4, -0.2) is 46.5 Å². The van der Waals surface area contributed by atoms with Crippen molar-refractivity contribution in [3.05, 3.63) is 18.6 Å². The van der Waals surface area contributed by atoms with E-state index in [2.05, 4.69) is 20.6 Å². The van der Waals surface area contributed by atoms with Crippen LogP contribution >= 0.6 is 0 Å². The molecule has 1 aliphatic rings. The number of piperazine rings is 1. The first-order valence-electron chi connectivity index (χ1n) is 6.80. The fourth-order valence-corrected chi connectivity index (χ4v) is 2.60. The first-order valence-corrected chi connectivity index (χ1v) is 6.80. The van der Waals surface area contributed by atoms with Crippen LogP contribution in [-0.2, 0) is 4.79 Å². The van der Waals surface area contributed by atoms with Crippen molar-refractivity contribution in [1.82, 2.24) is 19.7 Å². The van der Waals surface area contributed by atoms with Crippen molar-refractivity contribution in [2.45, 2.75) is 19.4 Å². The highest BCUT2D eigenvalue weighted by atomic mass is 16.2. The van der Waals surface area contributed by atoms with Gasteiger partial charge in [-0.25, -0.2) is 9.97 Å². The molecule has 1 unspecified atom stereocenters. The van der Waals surface area contributed by atoms with Crippen molar-refractivity contribution in [3.63, 3.8) is 0 Å². The van der Waals surface area contributed by atoms with Gasteiger partial charge in [-0.1, -0.05) is 6.92 Å². The number of nitrogens with zero attached hydrogens (tertiary/aromatic N) is 4. The third-order valence-corrected chi connectivity index (χ3v) is 3.60. The molecule has 1 atom stereocenters. The number of rotatable bonds is 3. The van der Waals surface area contributed by atoms with Crippen molar-refractivity contribution in [2.24, 2.45) is 0 Å². The highest BCUT2D eigenvalue weighted by Gasteiger charge is 2.30. The number of nitrogens with one attached hydrogen (secondary N) is 2. The molecule has 0 spiro atoms. The first kappa shape index (κ1) is 12.7. The molecule has 0 aliphatic carbocycles. The van der Waals surface area contributed by atoms with Gasteiger partial charge in [0, 0.05) is 32.5 Å². The molecule has 0 aromatic carbocycles. The van der Waals surface area contributed by atoms with Gasteiger partial charge in [-0.15, -0.1) is 0 Å². The average Bonchev–Trinajstić information content (AvgIpc) is 2.94. The summed E-state index contributed by atoms with van der Waals surface area (Å²) in [4.78, 5) is 23.0. The largest absolute Gasteiger partial charge is 0.372 e. The minimum Gasteiger partial charge on any atom is -0.372 e. The van der Waals surface area contributed by atoms with E-state index in [0.29, 0.717) is 6.54 Å². The fraction of sp³-hybridized carbons (Fsp3) is 0.462. The summed E-state index contributed by atoms with van der Waals surface area (Å²) in [5.74, 6) is 1.56. The monoisotopic (exact) mass is 274 g/mol. The number of hydrogen-bond donors (Lipinski definition) is 2. The molecule has 7 nitrogen and oxygen atoms in total. The minimum absolute atomic E-state index is 0.0557. The Balaban J connectivity index is 2.11. The summed E-state index contributed by atoms with van der Waals surface area (Å²) < 4.78 is 1.92. The molecule has 1 saturated heterocycles. The summed E-state index contributed by atoms with van der Waals surface area (Å²) in [5.41, 5.74) is 0.775. The van der Waals surface area contributed by atoms with E-state index in [-0.39, 0.29) is 11.9 Å². The van der Waals surface area contributed by atoms with Crippen molar-refractivity contribution in [1.29, 1.82) is 0 Å². The van der Waals surface area contributed by atoms with Gasteiger partial charge in [-0.3, -0.25) is 4.79 Å². The van der Waals surface area contributed by atoms with Crippen LogP contribution in [0.5, 0.6) is 0 Å². The molecule has 0 saturated carbocycles. The Labute approximate surface area is 117 Å². The summed E-state index contributed by atoms with van der Waals surface area (Å²) in [6.07, 6.45) is 6.25. The molecule has 20 heavy (non-hydrogen) atoms. The van der Waals surface area contributed by atoms with Crippen LogP contribution in [0.15, 0.2) is 18.6 Å². The molecule has 3 rings (SSSR count). The lowest BCUT2D eigenvalue weighted by atomic mass is 10.1. The van der Waals surface area contributed by atoms with Gasteiger partial charge in [0.15, 0.2) is 11.5 Å². The molecule has 7 heteroatoms. The zero-order valence-electron chi connectivity index (χ0n) is 11.6. The number of fused-ring (bicyclic) bond motifs is 1. The number of carbonyl (C=O) groups excluding carboxylic acids is 1. The lowest BCUT2D eigenvalue weighted by molar-refractivity contribution is -0.123. The second-order valence-corrected chi connectivity index (χ2v) is 4.77. The lowest BCUT2D eigenvalue weighted by Gasteiger charge is -2.35. The van der Waals surface area contributed by atoms with E-state index in [1.165, 1.54) is 0 Å². The maximum absolute atomic E-state index is 12.0. The fourth-order valence-electron chi connectivity index (χ4n) is 2.60. The SMILES string of the molecule is CCC1C(=O)NCCN1c1nc(NC)cn2ccnc12. The van der Waals surface area contributed by atoms with E-state index in [1.807, 2.05) is 35.7 Å². The zero-order chi connectivity index (χ0) is 14.1. The van der Waals surface area contributed by atoms with Crippen molar-refractivity contribution in [2.75, 3.05) is 30.4 Å². The van der Waals surface area contributed by atoms with Gasteiger partial charge in [0.05, 0.1) is 6.20 Å². The summed E-state index contributed by atoms with van der Waals surface area (Å²) in [7, 11) is 1.83. The van der Waals surface area contributed by atoms with Crippen molar-refractivity contribution in [3.8, 4) is 0 Å². The Morgan fingerprint density at radius 1 is 1.55 bits per heavy atom. The summed E-state index contributed by atoms with van der Waals surface area (Å²) >= 11 is 0. The van der Waals surface area contributed by atoms with E-state index in [4.69, 9.17) is 0 Å². The van der Waals surface area contributed by atoms with Crippen molar-refractivity contribution < 1.29 is 4.79 Å². The molecule has 1 amide bonds. The summed E-state index contributed by atoms with van der Waals surface area (Å²) in [6, 6.07) is -0.191. The van der Waals surface area contributed by atoms with E-state index in [9.17, 15) is 4.79 Å². The summed E-state index contributed by atoms with van der Waals surface area (Å²) in [6.45, 7) is 3.38. The molecule has 2 aromatic rings. The second kappa shape index (κ2) is 4.99. The van der Waals surface area contributed by atoms with E-state index in [0.717, 1.165) is 30.2 Å². The molecule has 1 fully saturated rings. The van der Waals surface area contributed by atoms with Crippen LogP contribution in [0, 0.1) is 0 Å². The molecule has 1 aliphatic heterocycles. The first-order chi connectivity index (χ1) is 9.74. The Bertz CT molecular complexity index is 637. The Morgan fingerprint density at radius 3 is 3.15 bits per heavy atom. The Hall–Kier alpha value is -2.31. The highest BCUT2D eigenvalue weighted by Crippen LogP contribution is 2.24. The predicted octanol–water partition coefficient (Wildman–Crippen LogP) is 0.486. The van der Waals surface area contributed by atoms with Crippen LogP contribution in [0.2, 0.25) is 0 Å². The van der Waals surface area contributed by atoms with Gasteiger partial charge in [-0.05, 0) is 6.42 Å². The summed E-state index contributed by atoms with van der Waals surface area (Å²) in [5, 5.41) is 5.95. The Kier molecular flexibility index (Phi) is 3.17. The molecule has 2 N–H and O–H groups in total. The third-order valence-electron chi connectivity index (χ3n) is 3.60. The highest BCUT2D eigenvalue weighted by molar-refractivity contribution is 5.87. The molecule has 0 radical (unpaired) electrons. The maximum Gasteiger partial charge on any atom is 0.242 e. The maximum atomic E-state index is 12.0. The number of aromatic nitrogens is 3. The number of carbonyl (C=O) groups is 1. The van der Waals surface area contributed by atoms with Gasteiger partial charge < -0.3 is 19.9 Å². The standard InChI is InChI=1S/C13H18N6O/c1-3-9-13(20)16-5-7-19(9)12-11-15-4-6-18(11)8-10(14-2)17-12/h4,6,8-9,14H,3,5,7H2,1-2H3,(H,16,20). The van der Waals surface area contributed by atoms with Gasteiger partial charge >= 0.3 is 0 Å². The van der Waals surface area contributed by atoms with Crippen molar-refractivity contribution >= 4 is 23.2 Å². The topological polar surface area (TPSA) is 74.6 Å². The van der Waals surface area contributed by atoms with Crippen LogP contribution < -0.4 is 15.5 Å². The zero-order valence-corrected chi connectivity index (χ0v) is 11.6. The van der Waals surface area contributed by atoms with Gasteiger partial charge in [0.1, 0.15) is 11.9 Å². The molecule has 106 valence electrons. The molecule has 3 heterocycles. The number of amides is 1.